The first kappa shape index (κ1) is 13.7. The molecule has 0 aromatic heterocycles. The summed E-state index contributed by atoms with van der Waals surface area (Å²) in [5, 5.41) is -0.311. The molecule has 0 aromatic carbocycles. The van der Waals surface area contributed by atoms with E-state index in [-0.39, 0.29) is 16.4 Å². The maximum Gasteiger partial charge on any atom is 0.152 e. The molecule has 0 heterocycles. The molecule has 0 saturated heterocycles. The van der Waals surface area contributed by atoms with Crippen molar-refractivity contribution in [3.63, 3.8) is 0 Å². The summed E-state index contributed by atoms with van der Waals surface area (Å²) in [6.45, 7) is 9.43. The number of nitrogens with two attached hydrogens (primary N) is 1. The average molecular weight is 219 g/mol. The van der Waals surface area contributed by atoms with Crippen molar-refractivity contribution in [1.29, 1.82) is 0 Å². The maximum absolute atomic E-state index is 11.5. The third-order valence-electron chi connectivity index (χ3n) is 2.64. The van der Waals surface area contributed by atoms with Crippen LogP contribution in [0.25, 0.3) is 0 Å². The minimum Gasteiger partial charge on any atom is -0.330 e. The van der Waals surface area contributed by atoms with E-state index in [9.17, 15) is 8.42 Å². The monoisotopic (exact) mass is 219 g/mol. The van der Waals surface area contributed by atoms with E-state index in [1.165, 1.54) is 0 Å². The summed E-state index contributed by atoms with van der Waals surface area (Å²) in [5.74, 6) is 0.185. The van der Waals surface area contributed by atoms with Crippen molar-refractivity contribution in [3.8, 4) is 0 Å². The first-order valence-corrected chi connectivity index (χ1v) is 6.54. The largest absolute Gasteiger partial charge is 0.330 e. The highest BCUT2D eigenvalue weighted by atomic mass is 32.2. The van der Waals surface area contributed by atoms with Crippen LogP contribution >= 0.6 is 0 Å². The molecular formula is C10H21NO2S. The molecule has 0 aliphatic carbocycles. The number of sulfone groups is 1. The van der Waals surface area contributed by atoms with Crippen LogP contribution in [0, 0.1) is 5.41 Å². The number of hydrogen-bond acceptors (Lipinski definition) is 3. The Bertz CT molecular complexity index is 282. The van der Waals surface area contributed by atoms with Crippen LogP contribution in [0.4, 0.5) is 0 Å². The van der Waals surface area contributed by atoms with Crippen molar-refractivity contribution in [3.05, 3.63) is 12.7 Å². The quantitative estimate of drug-likeness (QED) is 0.686. The maximum atomic E-state index is 11.5. The Morgan fingerprint density at radius 3 is 2.29 bits per heavy atom. The molecule has 0 amide bonds. The van der Waals surface area contributed by atoms with Crippen molar-refractivity contribution in [2.75, 3.05) is 12.3 Å². The lowest BCUT2D eigenvalue weighted by atomic mass is 9.88. The van der Waals surface area contributed by atoms with E-state index >= 15 is 0 Å². The van der Waals surface area contributed by atoms with Gasteiger partial charge in [-0.05, 0) is 25.7 Å². The van der Waals surface area contributed by atoms with Gasteiger partial charge in [-0.2, -0.15) is 0 Å². The van der Waals surface area contributed by atoms with Gasteiger partial charge in [0.1, 0.15) is 0 Å². The summed E-state index contributed by atoms with van der Waals surface area (Å²) in [4.78, 5) is 0. The SMILES string of the molecule is C=CC(C)(CN)CCS(=O)(=O)C(C)C. The summed E-state index contributed by atoms with van der Waals surface area (Å²) in [6.07, 6.45) is 2.29. The predicted octanol–water partition coefficient (Wildman–Crippen LogP) is 1.35. The molecule has 2 N–H and O–H groups in total. The van der Waals surface area contributed by atoms with Gasteiger partial charge in [-0.1, -0.05) is 13.0 Å². The third kappa shape index (κ3) is 3.80. The topological polar surface area (TPSA) is 60.2 Å². The summed E-state index contributed by atoms with van der Waals surface area (Å²) in [6, 6.07) is 0. The summed E-state index contributed by atoms with van der Waals surface area (Å²) >= 11 is 0. The highest BCUT2D eigenvalue weighted by Crippen LogP contribution is 2.22. The van der Waals surface area contributed by atoms with E-state index in [0.29, 0.717) is 13.0 Å². The van der Waals surface area contributed by atoms with Gasteiger partial charge in [0.05, 0.1) is 11.0 Å². The lowest BCUT2D eigenvalue weighted by molar-refractivity contribution is 0.423. The molecule has 1 atom stereocenters. The minimum atomic E-state index is -2.95. The lowest BCUT2D eigenvalue weighted by Crippen LogP contribution is -2.29. The van der Waals surface area contributed by atoms with Gasteiger partial charge < -0.3 is 5.73 Å². The molecule has 0 spiro atoms. The Morgan fingerprint density at radius 1 is 1.50 bits per heavy atom. The van der Waals surface area contributed by atoms with Gasteiger partial charge in [0.15, 0.2) is 9.84 Å². The Hall–Kier alpha value is -0.350. The second-order valence-electron chi connectivity index (χ2n) is 4.23. The van der Waals surface area contributed by atoms with Crippen LogP contribution < -0.4 is 5.73 Å². The van der Waals surface area contributed by atoms with Gasteiger partial charge in [0.25, 0.3) is 0 Å². The van der Waals surface area contributed by atoms with Crippen molar-refractivity contribution >= 4 is 9.84 Å². The van der Waals surface area contributed by atoms with Gasteiger partial charge in [-0.15, -0.1) is 6.58 Å². The van der Waals surface area contributed by atoms with Crippen LogP contribution in [0.3, 0.4) is 0 Å². The molecule has 1 unspecified atom stereocenters. The van der Waals surface area contributed by atoms with E-state index in [1.807, 2.05) is 6.92 Å². The second-order valence-corrected chi connectivity index (χ2v) is 6.90. The second kappa shape index (κ2) is 4.94. The Kier molecular flexibility index (Phi) is 4.81. The van der Waals surface area contributed by atoms with Crippen LogP contribution in [0.1, 0.15) is 27.2 Å². The molecule has 0 radical (unpaired) electrons. The van der Waals surface area contributed by atoms with Crippen LogP contribution in [0.5, 0.6) is 0 Å². The highest BCUT2D eigenvalue weighted by molar-refractivity contribution is 7.91. The highest BCUT2D eigenvalue weighted by Gasteiger charge is 2.23. The fourth-order valence-corrected chi connectivity index (χ4v) is 2.12. The van der Waals surface area contributed by atoms with Gasteiger partial charge in [-0.3, -0.25) is 0 Å². The smallest absolute Gasteiger partial charge is 0.152 e. The molecule has 0 saturated carbocycles. The molecule has 0 bridgehead atoms. The normalized spacial score (nSPS) is 16.6. The molecule has 14 heavy (non-hydrogen) atoms. The van der Waals surface area contributed by atoms with Crippen molar-refractivity contribution in [2.24, 2.45) is 11.1 Å². The Balaban J connectivity index is 4.39. The molecule has 0 aliphatic rings. The molecule has 0 aliphatic heterocycles. The lowest BCUT2D eigenvalue weighted by Gasteiger charge is -2.23. The number of rotatable bonds is 6. The van der Waals surface area contributed by atoms with Gasteiger partial charge in [0, 0.05) is 6.54 Å². The molecule has 0 fully saturated rings. The number of hydrogen-bond donors (Lipinski definition) is 1. The Morgan fingerprint density at radius 2 is 2.00 bits per heavy atom. The Labute approximate surface area is 87.3 Å². The standard InChI is InChI=1S/C10H21NO2S/c1-5-10(4,8-11)6-7-14(12,13)9(2)3/h5,9H,1,6-8,11H2,2-4H3. The molecule has 4 heteroatoms. The zero-order valence-corrected chi connectivity index (χ0v) is 10.1. The van der Waals surface area contributed by atoms with Crippen LogP contribution in [0.2, 0.25) is 0 Å². The van der Waals surface area contributed by atoms with Crippen LogP contribution in [0.15, 0.2) is 12.7 Å². The van der Waals surface area contributed by atoms with Crippen molar-refractivity contribution < 1.29 is 8.42 Å². The fourth-order valence-electron chi connectivity index (χ4n) is 0.899. The zero-order valence-electron chi connectivity index (χ0n) is 9.29. The third-order valence-corrected chi connectivity index (χ3v) is 4.84. The molecule has 84 valence electrons. The van der Waals surface area contributed by atoms with E-state index in [0.717, 1.165) is 0 Å². The van der Waals surface area contributed by atoms with Crippen LogP contribution in [-0.2, 0) is 9.84 Å². The van der Waals surface area contributed by atoms with Crippen molar-refractivity contribution in [1.82, 2.24) is 0 Å². The predicted molar refractivity (Wildman–Crippen MR) is 60.9 cm³/mol. The zero-order chi connectivity index (χ0) is 11.4. The average Bonchev–Trinajstić information content (AvgIpc) is 2.14. The summed E-state index contributed by atoms with van der Waals surface area (Å²) < 4.78 is 23.1. The molecule has 3 nitrogen and oxygen atoms in total. The van der Waals surface area contributed by atoms with Gasteiger partial charge >= 0.3 is 0 Å². The van der Waals surface area contributed by atoms with E-state index < -0.39 is 9.84 Å². The van der Waals surface area contributed by atoms with Gasteiger partial charge in [0.2, 0.25) is 0 Å². The molecule has 0 rings (SSSR count). The molecule has 0 aromatic rings. The van der Waals surface area contributed by atoms with Crippen LogP contribution in [-0.4, -0.2) is 26.0 Å². The van der Waals surface area contributed by atoms with E-state index in [2.05, 4.69) is 6.58 Å². The summed E-state index contributed by atoms with van der Waals surface area (Å²) in [7, 11) is -2.95. The molecular weight excluding hydrogens is 198 g/mol. The fraction of sp³-hybridized carbons (Fsp3) is 0.800. The van der Waals surface area contributed by atoms with E-state index in [4.69, 9.17) is 5.73 Å². The van der Waals surface area contributed by atoms with E-state index in [1.54, 1.807) is 19.9 Å². The first-order valence-electron chi connectivity index (χ1n) is 4.82. The van der Waals surface area contributed by atoms with Crippen molar-refractivity contribution in [2.45, 2.75) is 32.4 Å². The first-order chi connectivity index (χ1) is 6.27. The minimum absolute atomic E-state index is 0.185. The van der Waals surface area contributed by atoms with Gasteiger partial charge in [-0.25, -0.2) is 8.42 Å². The summed E-state index contributed by atoms with van der Waals surface area (Å²) in [5.41, 5.74) is 5.29.